The fraction of sp³-hybridized carbons (Fsp3) is 0.385. The third kappa shape index (κ3) is 5.14. The van der Waals surface area contributed by atoms with Crippen LogP contribution in [0.4, 0.5) is 4.39 Å². The Labute approximate surface area is 120 Å². The van der Waals surface area contributed by atoms with Gasteiger partial charge in [0.15, 0.2) is 0 Å². The second kappa shape index (κ2) is 7.81. The van der Waals surface area contributed by atoms with Crippen molar-refractivity contribution in [3.8, 4) is 0 Å². The number of rotatable bonds is 7. The summed E-state index contributed by atoms with van der Waals surface area (Å²) in [5, 5.41) is 11.5. The molecule has 0 aliphatic heterocycles. The maximum absolute atomic E-state index is 12.9. The van der Waals surface area contributed by atoms with Crippen molar-refractivity contribution in [2.75, 3.05) is 13.7 Å². The molecule has 0 aliphatic rings. The number of carboxylic acid groups (broad SMARTS) is 1. The Bertz CT molecular complexity index is 495. The standard InChI is InChI=1S/C13H15ClFNO4/c1-20-5-4-11(13(18)19)16-12(17)6-8-2-3-9(15)7-10(8)14/h2-3,7,11H,4-6H2,1H3,(H,16,17)(H,18,19). The zero-order chi connectivity index (χ0) is 15.1. The second-order valence-electron chi connectivity index (χ2n) is 4.15. The average molecular weight is 304 g/mol. The van der Waals surface area contributed by atoms with Gasteiger partial charge in [-0.15, -0.1) is 0 Å². The van der Waals surface area contributed by atoms with Crippen LogP contribution < -0.4 is 5.32 Å². The van der Waals surface area contributed by atoms with Crippen molar-refractivity contribution in [1.82, 2.24) is 5.32 Å². The molecule has 0 spiro atoms. The first-order chi connectivity index (χ1) is 9.43. The number of hydrogen-bond acceptors (Lipinski definition) is 3. The Morgan fingerprint density at radius 2 is 2.20 bits per heavy atom. The number of nitrogens with one attached hydrogen (secondary N) is 1. The van der Waals surface area contributed by atoms with Crippen LogP contribution in [-0.2, 0) is 20.7 Å². The Balaban J connectivity index is 2.63. The second-order valence-corrected chi connectivity index (χ2v) is 4.56. The van der Waals surface area contributed by atoms with Gasteiger partial charge >= 0.3 is 5.97 Å². The van der Waals surface area contributed by atoms with E-state index in [1.807, 2.05) is 0 Å². The summed E-state index contributed by atoms with van der Waals surface area (Å²) in [6, 6.07) is 2.65. The zero-order valence-corrected chi connectivity index (χ0v) is 11.6. The minimum atomic E-state index is -1.14. The molecule has 20 heavy (non-hydrogen) atoms. The van der Waals surface area contributed by atoms with Crippen molar-refractivity contribution >= 4 is 23.5 Å². The monoisotopic (exact) mass is 303 g/mol. The number of carbonyl (C=O) groups is 2. The first-order valence-corrected chi connectivity index (χ1v) is 6.27. The summed E-state index contributed by atoms with van der Waals surface area (Å²) in [4.78, 5) is 22.7. The summed E-state index contributed by atoms with van der Waals surface area (Å²) in [7, 11) is 1.44. The Kier molecular flexibility index (Phi) is 6.41. The van der Waals surface area contributed by atoms with Crippen molar-refractivity contribution in [3.63, 3.8) is 0 Å². The molecule has 0 aliphatic carbocycles. The van der Waals surface area contributed by atoms with E-state index in [-0.39, 0.29) is 24.5 Å². The van der Waals surface area contributed by atoms with Crippen LogP contribution in [0.1, 0.15) is 12.0 Å². The number of aliphatic carboxylic acids is 1. The van der Waals surface area contributed by atoms with Crippen LogP contribution in [0.5, 0.6) is 0 Å². The molecular weight excluding hydrogens is 289 g/mol. The van der Waals surface area contributed by atoms with Crippen molar-refractivity contribution in [2.24, 2.45) is 0 Å². The van der Waals surface area contributed by atoms with E-state index in [4.69, 9.17) is 21.4 Å². The highest BCUT2D eigenvalue weighted by Gasteiger charge is 2.20. The molecule has 5 nitrogen and oxygen atoms in total. The smallest absolute Gasteiger partial charge is 0.326 e. The normalized spacial score (nSPS) is 11.9. The van der Waals surface area contributed by atoms with Crippen LogP contribution in [0.25, 0.3) is 0 Å². The number of amides is 1. The summed E-state index contributed by atoms with van der Waals surface area (Å²) >= 11 is 5.80. The van der Waals surface area contributed by atoms with Crippen LogP contribution >= 0.6 is 11.6 Å². The lowest BCUT2D eigenvalue weighted by Gasteiger charge is -2.14. The largest absolute Gasteiger partial charge is 0.480 e. The topological polar surface area (TPSA) is 75.6 Å². The summed E-state index contributed by atoms with van der Waals surface area (Å²) in [6.45, 7) is 0.217. The molecule has 0 bridgehead atoms. The highest BCUT2D eigenvalue weighted by atomic mass is 35.5. The molecule has 1 atom stereocenters. The van der Waals surface area contributed by atoms with E-state index in [2.05, 4.69) is 5.32 Å². The predicted octanol–water partition coefficient (Wildman–Crippen LogP) is 1.63. The summed E-state index contributed by atoms with van der Waals surface area (Å²) in [5.74, 6) is -2.13. The Morgan fingerprint density at radius 1 is 1.50 bits per heavy atom. The average Bonchev–Trinajstić information content (AvgIpc) is 2.37. The van der Waals surface area contributed by atoms with Gasteiger partial charge in [0, 0.05) is 25.2 Å². The van der Waals surface area contributed by atoms with Gasteiger partial charge in [0.2, 0.25) is 5.91 Å². The number of ether oxygens (including phenoxy) is 1. The van der Waals surface area contributed by atoms with E-state index >= 15 is 0 Å². The van der Waals surface area contributed by atoms with Crippen LogP contribution in [0.3, 0.4) is 0 Å². The van der Waals surface area contributed by atoms with Crippen LogP contribution in [0.2, 0.25) is 5.02 Å². The highest BCUT2D eigenvalue weighted by Crippen LogP contribution is 2.17. The van der Waals surface area contributed by atoms with Gasteiger partial charge in [-0.2, -0.15) is 0 Å². The van der Waals surface area contributed by atoms with E-state index in [1.165, 1.54) is 19.2 Å². The molecule has 7 heteroatoms. The number of hydrogen-bond donors (Lipinski definition) is 2. The van der Waals surface area contributed by atoms with Gasteiger partial charge < -0.3 is 15.2 Å². The maximum atomic E-state index is 12.9. The van der Waals surface area contributed by atoms with Crippen molar-refractivity contribution < 1.29 is 23.8 Å². The molecule has 1 amide bonds. The fourth-order valence-corrected chi connectivity index (χ4v) is 1.81. The first-order valence-electron chi connectivity index (χ1n) is 5.89. The SMILES string of the molecule is COCCC(NC(=O)Cc1ccc(F)cc1Cl)C(=O)O. The summed E-state index contributed by atoms with van der Waals surface area (Å²) < 4.78 is 17.6. The molecular formula is C13H15ClFNO4. The number of carboxylic acids is 1. The van der Waals surface area contributed by atoms with Gasteiger partial charge in [0.1, 0.15) is 11.9 Å². The van der Waals surface area contributed by atoms with E-state index < -0.39 is 23.7 Å². The van der Waals surface area contributed by atoms with Gasteiger partial charge in [0.25, 0.3) is 0 Å². The third-order valence-electron chi connectivity index (χ3n) is 2.61. The van der Waals surface area contributed by atoms with E-state index in [1.54, 1.807) is 0 Å². The highest BCUT2D eigenvalue weighted by molar-refractivity contribution is 6.31. The van der Waals surface area contributed by atoms with Gasteiger partial charge in [-0.25, -0.2) is 9.18 Å². The zero-order valence-electron chi connectivity index (χ0n) is 10.9. The molecule has 0 saturated carbocycles. The van der Waals surface area contributed by atoms with E-state index in [0.717, 1.165) is 6.07 Å². The van der Waals surface area contributed by atoms with Crippen molar-refractivity contribution in [3.05, 3.63) is 34.6 Å². The van der Waals surface area contributed by atoms with Gasteiger partial charge in [-0.05, 0) is 17.7 Å². The first kappa shape index (κ1) is 16.4. The molecule has 0 radical (unpaired) electrons. The molecule has 1 rings (SSSR count). The maximum Gasteiger partial charge on any atom is 0.326 e. The van der Waals surface area contributed by atoms with Crippen molar-refractivity contribution in [2.45, 2.75) is 18.9 Å². The van der Waals surface area contributed by atoms with E-state index in [0.29, 0.717) is 5.56 Å². The molecule has 110 valence electrons. The molecule has 2 N–H and O–H groups in total. The van der Waals surface area contributed by atoms with Gasteiger partial charge in [-0.1, -0.05) is 17.7 Å². The molecule has 1 aromatic rings. The molecule has 0 aromatic heterocycles. The Morgan fingerprint density at radius 3 is 2.75 bits per heavy atom. The van der Waals surface area contributed by atoms with Crippen molar-refractivity contribution in [1.29, 1.82) is 0 Å². The lowest BCUT2D eigenvalue weighted by molar-refractivity contribution is -0.142. The summed E-state index contributed by atoms with van der Waals surface area (Å²) in [6.07, 6.45) is 0.0462. The molecule has 1 aromatic carbocycles. The minimum Gasteiger partial charge on any atom is -0.480 e. The lowest BCUT2D eigenvalue weighted by Crippen LogP contribution is -2.42. The molecule has 0 fully saturated rings. The number of methoxy groups -OCH3 is 1. The van der Waals surface area contributed by atoms with Gasteiger partial charge in [-0.3, -0.25) is 4.79 Å². The Hall–Kier alpha value is -1.66. The number of halogens is 2. The molecule has 0 heterocycles. The number of carbonyl (C=O) groups excluding carboxylic acids is 1. The van der Waals surface area contributed by atoms with Crippen LogP contribution in [-0.4, -0.2) is 36.7 Å². The molecule has 1 unspecified atom stereocenters. The quantitative estimate of drug-likeness (QED) is 0.803. The lowest BCUT2D eigenvalue weighted by atomic mass is 10.1. The van der Waals surface area contributed by atoms with Crippen LogP contribution in [0, 0.1) is 5.82 Å². The summed E-state index contributed by atoms with van der Waals surface area (Å²) in [5.41, 5.74) is 0.432. The van der Waals surface area contributed by atoms with Gasteiger partial charge in [0.05, 0.1) is 6.42 Å². The van der Waals surface area contributed by atoms with Crippen LogP contribution in [0.15, 0.2) is 18.2 Å². The molecule has 0 saturated heterocycles. The predicted molar refractivity (Wildman–Crippen MR) is 71.2 cm³/mol. The fourth-order valence-electron chi connectivity index (χ4n) is 1.58. The third-order valence-corrected chi connectivity index (χ3v) is 2.96. The number of benzene rings is 1. The van der Waals surface area contributed by atoms with E-state index in [9.17, 15) is 14.0 Å². The minimum absolute atomic E-state index is 0.115.